The van der Waals surface area contributed by atoms with Gasteiger partial charge in [-0.2, -0.15) is 0 Å². The van der Waals surface area contributed by atoms with Crippen LogP contribution in [0.15, 0.2) is 41.5 Å². The number of nitrogens with one attached hydrogen (secondary N) is 2. The highest BCUT2D eigenvalue weighted by Gasteiger charge is 2.37. The first-order chi connectivity index (χ1) is 17.3. The molecule has 0 radical (unpaired) electrons. The first-order valence-corrected chi connectivity index (χ1v) is 12.9. The first kappa shape index (κ1) is 24.9. The van der Waals surface area contributed by atoms with Gasteiger partial charge in [-0.15, -0.1) is 0 Å². The maximum Gasteiger partial charge on any atom is 0.410 e. The third kappa shape index (κ3) is 4.90. The Morgan fingerprint density at radius 3 is 2.78 bits per heavy atom. The highest BCUT2D eigenvalue weighted by Crippen LogP contribution is 2.42. The minimum Gasteiger partial charge on any atom is -0.450 e. The van der Waals surface area contributed by atoms with Crippen molar-refractivity contribution in [1.29, 1.82) is 0 Å². The van der Waals surface area contributed by atoms with Crippen LogP contribution in [0.25, 0.3) is 10.9 Å². The van der Waals surface area contributed by atoms with E-state index in [4.69, 9.17) is 25.8 Å². The van der Waals surface area contributed by atoms with Gasteiger partial charge in [0, 0.05) is 40.3 Å². The number of hydrogen-bond acceptors (Lipinski definition) is 5. The van der Waals surface area contributed by atoms with Gasteiger partial charge in [0.2, 0.25) is 5.91 Å². The molecule has 1 aromatic carbocycles. The monoisotopic (exact) mass is 513 g/mol. The standard InChI is InChI=1S/C27H32ClN3O5/c1-4-34-26(33)31-12-11-20-21-13-18(28)9-10-22(21)30-23(20)24(31)16-5-7-17(8-6-16)25(32)29-14-19-15-35-27(2,3)36-19/h5,7,9-10,13,19,24,30H,4,6,8,11-12,14-15H2,1-3H3,(H,29,32). The van der Waals surface area contributed by atoms with Gasteiger partial charge in [0.1, 0.15) is 6.10 Å². The van der Waals surface area contributed by atoms with E-state index in [0.29, 0.717) is 56.2 Å². The van der Waals surface area contributed by atoms with Crippen molar-refractivity contribution in [2.75, 3.05) is 26.3 Å². The van der Waals surface area contributed by atoms with Gasteiger partial charge in [-0.3, -0.25) is 9.69 Å². The number of amides is 2. The van der Waals surface area contributed by atoms with Crippen molar-refractivity contribution >= 4 is 34.5 Å². The third-order valence-electron chi connectivity index (χ3n) is 6.97. The Kier molecular flexibility index (Phi) is 6.85. The topological polar surface area (TPSA) is 92.9 Å². The van der Waals surface area contributed by atoms with Crippen LogP contribution in [0.3, 0.4) is 0 Å². The molecule has 3 aliphatic rings. The zero-order valence-electron chi connectivity index (χ0n) is 20.9. The molecule has 0 saturated carbocycles. The lowest BCUT2D eigenvalue weighted by Gasteiger charge is -2.37. The van der Waals surface area contributed by atoms with Crippen LogP contribution in [0.2, 0.25) is 5.02 Å². The largest absolute Gasteiger partial charge is 0.450 e. The summed E-state index contributed by atoms with van der Waals surface area (Å²) in [5.41, 5.74) is 4.92. The summed E-state index contributed by atoms with van der Waals surface area (Å²) in [5, 5.41) is 4.73. The summed E-state index contributed by atoms with van der Waals surface area (Å²) in [6, 6.07) is 5.52. The van der Waals surface area contributed by atoms with Crippen LogP contribution >= 0.6 is 11.6 Å². The van der Waals surface area contributed by atoms with E-state index in [0.717, 1.165) is 22.2 Å². The van der Waals surface area contributed by atoms with E-state index in [-0.39, 0.29) is 24.1 Å². The molecule has 1 aromatic heterocycles. The second-order valence-electron chi connectivity index (χ2n) is 9.85. The Morgan fingerprint density at radius 1 is 1.25 bits per heavy atom. The number of carbonyl (C=O) groups is 2. The molecule has 2 aromatic rings. The van der Waals surface area contributed by atoms with Crippen LogP contribution in [0.1, 0.15) is 50.9 Å². The molecule has 1 aliphatic carbocycles. The van der Waals surface area contributed by atoms with Crippen molar-refractivity contribution in [2.45, 2.75) is 58.0 Å². The van der Waals surface area contributed by atoms with E-state index in [2.05, 4.69) is 10.3 Å². The average Bonchev–Trinajstić information content (AvgIpc) is 3.40. The number of fused-ring (bicyclic) bond motifs is 3. The molecule has 1 saturated heterocycles. The van der Waals surface area contributed by atoms with E-state index in [1.165, 1.54) is 5.56 Å². The normalized spacial score (nSPS) is 23.2. The molecule has 2 N–H and O–H groups in total. The Bertz CT molecular complexity index is 1250. The number of carbonyl (C=O) groups excluding carboxylic acids is 2. The fourth-order valence-corrected chi connectivity index (χ4v) is 5.48. The maximum atomic E-state index is 12.9. The fourth-order valence-electron chi connectivity index (χ4n) is 5.30. The number of halogens is 1. The molecule has 192 valence electrons. The van der Waals surface area contributed by atoms with Gasteiger partial charge in [-0.1, -0.05) is 23.8 Å². The van der Waals surface area contributed by atoms with Crippen LogP contribution in [0.5, 0.6) is 0 Å². The Hall–Kier alpha value is -2.81. The lowest BCUT2D eigenvalue weighted by atomic mass is 9.86. The zero-order valence-corrected chi connectivity index (χ0v) is 21.6. The number of benzene rings is 1. The second-order valence-corrected chi connectivity index (χ2v) is 10.3. The summed E-state index contributed by atoms with van der Waals surface area (Å²) in [4.78, 5) is 31.0. The number of H-pyrrole nitrogens is 1. The van der Waals surface area contributed by atoms with Crippen molar-refractivity contribution in [3.8, 4) is 0 Å². The summed E-state index contributed by atoms with van der Waals surface area (Å²) in [7, 11) is 0. The number of rotatable bonds is 5. The van der Waals surface area contributed by atoms with Crippen molar-refractivity contribution in [3.05, 3.63) is 57.8 Å². The zero-order chi connectivity index (χ0) is 25.4. The van der Waals surface area contributed by atoms with Gasteiger partial charge >= 0.3 is 6.09 Å². The molecule has 2 atom stereocenters. The van der Waals surface area contributed by atoms with Gasteiger partial charge in [0.25, 0.3) is 0 Å². The van der Waals surface area contributed by atoms with Crippen molar-refractivity contribution in [1.82, 2.24) is 15.2 Å². The lowest BCUT2D eigenvalue weighted by Crippen LogP contribution is -2.41. The number of hydrogen-bond donors (Lipinski definition) is 2. The third-order valence-corrected chi connectivity index (χ3v) is 7.21. The van der Waals surface area contributed by atoms with E-state index in [1.807, 2.05) is 51.1 Å². The maximum absolute atomic E-state index is 12.9. The minimum absolute atomic E-state index is 0.106. The Balaban J connectivity index is 1.39. The molecular formula is C27H32ClN3O5. The summed E-state index contributed by atoms with van der Waals surface area (Å²) in [6.07, 6.45) is 5.30. The fraction of sp³-hybridized carbons (Fsp3) is 0.481. The van der Waals surface area contributed by atoms with Gasteiger partial charge in [-0.25, -0.2) is 4.79 Å². The summed E-state index contributed by atoms with van der Waals surface area (Å²) in [5.74, 6) is -0.722. The quantitative estimate of drug-likeness (QED) is 0.599. The van der Waals surface area contributed by atoms with E-state index in [1.54, 1.807) is 4.90 Å². The number of nitrogens with zero attached hydrogens (tertiary/aromatic N) is 1. The van der Waals surface area contributed by atoms with Crippen LogP contribution < -0.4 is 5.32 Å². The Morgan fingerprint density at radius 2 is 2.08 bits per heavy atom. The summed E-state index contributed by atoms with van der Waals surface area (Å²) < 4.78 is 16.7. The molecule has 0 spiro atoms. The van der Waals surface area contributed by atoms with Gasteiger partial charge < -0.3 is 24.5 Å². The minimum atomic E-state index is -0.616. The van der Waals surface area contributed by atoms with Crippen LogP contribution in [-0.2, 0) is 25.4 Å². The van der Waals surface area contributed by atoms with Crippen LogP contribution in [0, 0.1) is 0 Å². The molecule has 9 heteroatoms. The number of aromatic amines is 1. The summed E-state index contributed by atoms with van der Waals surface area (Å²) in [6.45, 7) is 7.25. The molecule has 8 nitrogen and oxygen atoms in total. The van der Waals surface area contributed by atoms with Gasteiger partial charge in [0.05, 0.1) is 19.3 Å². The van der Waals surface area contributed by atoms with E-state index >= 15 is 0 Å². The molecule has 2 unspecified atom stereocenters. The molecule has 0 bridgehead atoms. The number of ether oxygens (including phenoxy) is 3. The second kappa shape index (κ2) is 9.92. The molecule has 5 rings (SSSR count). The molecule has 3 heterocycles. The molecule has 36 heavy (non-hydrogen) atoms. The molecule has 1 fully saturated rings. The van der Waals surface area contributed by atoms with Crippen molar-refractivity contribution in [3.63, 3.8) is 0 Å². The van der Waals surface area contributed by atoms with E-state index in [9.17, 15) is 9.59 Å². The average molecular weight is 514 g/mol. The molecule has 2 amide bonds. The number of allylic oxidation sites excluding steroid dienone is 2. The van der Waals surface area contributed by atoms with Crippen molar-refractivity contribution in [2.24, 2.45) is 0 Å². The SMILES string of the molecule is CCOC(=O)N1CCc2c([nH]c3ccc(Cl)cc23)C1C1=CC=C(C(=O)NCC2COC(C)(C)O2)CC1. The Labute approximate surface area is 215 Å². The van der Waals surface area contributed by atoms with Crippen molar-refractivity contribution < 1.29 is 23.8 Å². The number of aromatic nitrogens is 1. The van der Waals surface area contributed by atoms with Crippen LogP contribution in [-0.4, -0.2) is 60.1 Å². The molecule has 2 aliphatic heterocycles. The highest BCUT2D eigenvalue weighted by atomic mass is 35.5. The summed E-state index contributed by atoms with van der Waals surface area (Å²) >= 11 is 6.28. The smallest absolute Gasteiger partial charge is 0.410 e. The molecular weight excluding hydrogens is 482 g/mol. The van der Waals surface area contributed by atoms with Crippen LogP contribution in [0.4, 0.5) is 4.79 Å². The van der Waals surface area contributed by atoms with Gasteiger partial charge in [-0.05, 0) is 69.4 Å². The first-order valence-electron chi connectivity index (χ1n) is 12.5. The predicted octanol–water partition coefficient (Wildman–Crippen LogP) is 4.79. The predicted molar refractivity (Wildman–Crippen MR) is 137 cm³/mol. The lowest BCUT2D eigenvalue weighted by molar-refractivity contribution is -0.139. The van der Waals surface area contributed by atoms with Gasteiger partial charge in [0.15, 0.2) is 5.79 Å². The van der Waals surface area contributed by atoms with E-state index < -0.39 is 5.79 Å². The highest BCUT2D eigenvalue weighted by molar-refractivity contribution is 6.31.